The summed E-state index contributed by atoms with van der Waals surface area (Å²) < 4.78 is 0. The van der Waals surface area contributed by atoms with Crippen molar-refractivity contribution in [2.75, 3.05) is 11.5 Å². The molecule has 0 radical (unpaired) electrons. The van der Waals surface area contributed by atoms with E-state index in [1.54, 1.807) is 12.3 Å². The Morgan fingerprint density at radius 1 is 1.25 bits per heavy atom. The first-order valence-corrected chi connectivity index (χ1v) is 7.28. The van der Waals surface area contributed by atoms with Gasteiger partial charge in [0.2, 0.25) is 5.91 Å². The maximum Gasteiger partial charge on any atom is 0.230 e. The van der Waals surface area contributed by atoms with Crippen LogP contribution in [0.3, 0.4) is 0 Å². The van der Waals surface area contributed by atoms with Crippen LogP contribution in [0.2, 0.25) is 0 Å². The van der Waals surface area contributed by atoms with Gasteiger partial charge in [-0.25, -0.2) is 4.98 Å². The Balaban J connectivity index is 1.75. The quantitative estimate of drug-likeness (QED) is 0.829. The molecule has 0 spiro atoms. The molecule has 1 heterocycles. The minimum atomic E-state index is -0.00537. The second-order valence-corrected chi connectivity index (χ2v) is 5.48. The number of hydrogen-bond acceptors (Lipinski definition) is 4. The summed E-state index contributed by atoms with van der Waals surface area (Å²) in [4.78, 5) is 15.9. The van der Waals surface area contributed by atoms with Gasteiger partial charge in [-0.1, -0.05) is 41.6 Å². The highest BCUT2D eigenvalue weighted by atomic mass is 32.2. The van der Waals surface area contributed by atoms with E-state index in [0.717, 1.165) is 10.6 Å². The molecule has 3 N–H and O–H groups in total. The molecule has 0 atom stereocenters. The maximum atomic E-state index is 11.7. The van der Waals surface area contributed by atoms with Gasteiger partial charge in [-0.3, -0.25) is 4.79 Å². The number of nitrogen functional groups attached to an aromatic ring is 1. The normalized spacial score (nSPS) is 10.2. The van der Waals surface area contributed by atoms with Gasteiger partial charge in [0.25, 0.3) is 0 Å². The summed E-state index contributed by atoms with van der Waals surface area (Å²) >= 11 is 1.40. The van der Waals surface area contributed by atoms with Crippen LogP contribution in [-0.4, -0.2) is 16.6 Å². The lowest BCUT2D eigenvalue weighted by atomic mass is 10.1. The number of carbonyl (C=O) groups is 1. The van der Waals surface area contributed by atoms with Gasteiger partial charge < -0.3 is 11.1 Å². The molecule has 20 heavy (non-hydrogen) atoms. The molecule has 0 saturated heterocycles. The Morgan fingerprint density at radius 3 is 2.65 bits per heavy atom. The van der Waals surface area contributed by atoms with Crippen LogP contribution in [0.25, 0.3) is 0 Å². The number of nitrogens with two attached hydrogens (primary N) is 1. The number of hydrogen-bond donors (Lipinski definition) is 2. The number of benzene rings is 1. The van der Waals surface area contributed by atoms with Crippen LogP contribution in [-0.2, 0) is 11.3 Å². The number of nitrogens with one attached hydrogen (secondary N) is 1. The minimum absolute atomic E-state index is 0.00537. The third kappa shape index (κ3) is 4.59. The van der Waals surface area contributed by atoms with Crippen LogP contribution in [0.4, 0.5) is 5.69 Å². The zero-order chi connectivity index (χ0) is 14.4. The Labute approximate surface area is 122 Å². The van der Waals surface area contributed by atoms with Gasteiger partial charge in [-0.2, -0.15) is 0 Å². The predicted octanol–water partition coefficient (Wildman–Crippen LogP) is 2.38. The number of amides is 1. The molecule has 104 valence electrons. The van der Waals surface area contributed by atoms with E-state index in [1.165, 1.54) is 17.3 Å². The van der Waals surface area contributed by atoms with Gasteiger partial charge in [-0.05, 0) is 24.6 Å². The van der Waals surface area contributed by atoms with Crippen molar-refractivity contribution in [2.24, 2.45) is 0 Å². The van der Waals surface area contributed by atoms with E-state index in [1.807, 2.05) is 37.3 Å². The lowest BCUT2D eigenvalue weighted by Crippen LogP contribution is -2.24. The number of rotatable bonds is 5. The fourth-order valence-electron chi connectivity index (χ4n) is 1.57. The number of aromatic nitrogens is 1. The van der Waals surface area contributed by atoms with Gasteiger partial charge in [-0.15, -0.1) is 0 Å². The average Bonchev–Trinajstić information content (AvgIpc) is 2.46. The molecular weight excluding hydrogens is 270 g/mol. The number of thioether (sulfide) groups is 1. The van der Waals surface area contributed by atoms with Gasteiger partial charge >= 0.3 is 0 Å². The topological polar surface area (TPSA) is 68.0 Å². The highest BCUT2D eigenvalue weighted by Gasteiger charge is 2.03. The molecule has 1 aromatic heterocycles. The van der Waals surface area contributed by atoms with Crippen molar-refractivity contribution in [1.82, 2.24) is 10.3 Å². The largest absolute Gasteiger partial charge is 0.397 e. The molecule has 0 saturated carbocycles. The van der Waals surface area contributed by atoms with Crippen molar-refractivity contribution in [1.29, 1.82) is 0 Å². The van der Waals surface area contributed by atoms with Crippen molar-refractivity contribution >= 4 is 23.4 Å². The molecule has 0 fully saturated rings. The third-order valence-corrected chi connectivity index (χ3v) is 3.66. The van der Waals surface area contributed by atoms with Crippen LogP contribution in [0.1, 0.15) is 11.1 Å². The summed E-state index contributed by atoms with van der Waals surface area (Å²) in [6.45, 7) is 2.59. The standard InChI is InChI=1S/C15H17N3OS/c1-11-2-4-12(5-3-11)8-17-14(19)10-20-15-7-6-13(16)9-18-15/h2-7,9H,8,10,16H2,1H3,(H,17,19). The van der Waals surface area contributed by atoms with Crippen LogP contribution < -0.4 is 11.1 Å². The molecule has 0 aliphatic heterocycles. The molecule has 0 unspecified atom stereocenters. The molecule has 0 aliphatic carbocycles. The highest BCUT2D eigenvalue weighted by Crippen LogP contribution is 2.15. The Morgan fingerprint density at radius 2 is 2.00 bits per heavy atom. The lowest BCUT2D eigenvalue weighted by Gasteiger charge is -2.05. The minimum Gasteiger partial charge on any atom is -0.397 e. The lowest BCUT2D eigenvalue weighted by molar-refractivity contribution is -0.118. The van der Waals surface area contributed by atoms with Crippen LogP contribution >= 0.6 is 11.8 Å². The number of aryl methyl sites for hydroxylation is 1. The summed E-state index contributed by atoms with van der Waals surface area (Å²) in [5.74, 6) is 0.345. The zero-order valence-corrected chi connectivity index (χ0v) is 12.1. The molecule has 2 aromatic rings. The van der Waals surface area contributed by atoms with Crippen molar-refractivity contribution in [3.05, 3.63) is 53.7 Å². The fourth-order valence-corrected chi connectivity index (χ4v) is 2.25. The predicted molar refractivity (Wildman–Crippen MR) is 82.4 cm³/mol. The van der Waals surface area contributed by atoms with E-state index in [9.17, 15) is 4.79 Å². The molecule has 0 bridgehead atoms. The summed E-state index contributed by atoms with van der Waals surface area (Å²) in [7, 11) is 0. The second-order valence-electron chi connectivity index (χ2n) is 4.48. The zero-order valence-electron chi connectivity index (χ0n) is 11.3. The molecule has 2 rings (SSSR count). The van der Waals surface area contributed by atoms with Crippen molar-refractivity contribution in [3.63, 3.8) is 0 Å². The van der Waals surface area contributed by atoms with Gasteiger partial charge in [0.05, 0.1) is 22.7 Å². The Hall–Kier alpha value is -2.01. The SMILES string of the molecule is Cc1ccc(CNC(=O)CSc2ccc(N)cn2)cc1. The van der Waals surface area contributed by atoms with Crippen LogP contribution in [0.5, 0.6) is 0 Å². The summed E-state index contributed by atoms with van der Waals surface area (Å²) in [5.41, 5.74) is 8.49. The first-order valence-electron chi connectivity index (χ1n) is 6.30. The first-order chi connectivity index (χ1) is 9.63. The Kier molecular flexibility index (Phi) is 5.01. The Bertz CT molecular complexity index is 515. The second kappa shape index (κ2) is 6.96. The number of carbonyl (C=O) groups excluding carboxylic acids is 1. The van der Waals surface area contributed by atoms with E-state index in [-0.39, 0.29) is 5.91 Å². The van der Waals surface area contributed by atoms with Gasteiger partial charge in [0, 0.05) is 6.54 Å². The molecule has 0 aliphatic rings. The van der Waals surface area contributed by atoms with E-state index >= 15 is 0 Å². The van der Waals surface area contributed by atoms with E-state index in [0.29, 0.717) is 18.0 Å². The monoisotopic (exact) mass is 287 g/mol. The number of nitrogens with zero attached hydrogens (tertiary/aromatic N) is 1. The van der Waals surface area contributed by atoms with Gasteiger partial charge in [0.15, 0.2) is 0 Å². The van der Waals surface area contributed by atoms with E-state index in [2.05, 4.69) is 10.3 Å². The third-order valence-electron chi connectivity index (χ3n) is 2.72. The molecule has 5 heteroatoms. The average molecular weight is 287 g/mol. The number of pyridine rings is 1. The van der Waals surface area contributed by atoms with Crippen LogP contribution in [0.15, 0.2) is 47.6 Å². The van der Waals surface area contributed by atoms with E-state index in [4.69, 9.17) is 5.73 Å². The van der Waals surface area contributed by atoms with Crippen LogP contribution in [0, 0.1) is 6.92 Å². The van der Waals surface area contributed by atoms with Crippen molar-refractivity contribution in [3.8, 4) is 0 Å². The molecule has 4 nitrogen and oxygen atoms in total. The first kappa shape index (κ1) is 14.4. The molecule has 1 aromatic carbocycles. The van der Waals surface area contributed by atoms with E-state index < -0.39 is 0 Å². The summed E-state index contributed by atoms with van der Waals surface area (Å²) in [6.07, 6.45) is 1.59. The smallest absolute Gasteiger partial charge is 0.230 e. The molecule has 1 amide bonds. The summed E-state index contributed by atoms with van der Waals surface area (Å²) in [5, 5.41) is 3.68. The van der Waals surface area contributed by atoms with Crippen molar-refractivity contribution in [2.45, 2.75) is 18.5 Å². The summed E-state index contributed by atoms with van der Waals surface area (Å²) in [6, 6.07) is 11.7. The number of anilines is 1. The highest BCUT2D eigenvalue weighted by molar-refractivity contribution is 7.99. The molecular formula is C15H17N3OS. The maximum absolute atomic E-state index is 11.7. The van der Waals surface area contributed by atoms with Gasteiger partial charge in [0.1, 0.15) is 0 Å². The fraction of sp³-hybridized carbons (Fsp3) is 0.200. The van der Waals surface area contributed by atoms with Crippen molar-refractivity contribution < 1.29 is 4.79 Å².